The summed E-state index contributed by atoms with van der Waals surface area (Å²) in [4.78, 5) is 29.6. The molecule has 1 aromatic carbocycles. The highest BCUT2D eigenvalue weighted by Crippen LogP contribution is 2.34. The van der Waals surface area contributed by atoms with Gasteiger partial charge in [-0.15, -0.1) is 0 Å². The van der Waals surface area contributed by atoms with Crippen LogP contribution in [0.2, 0.25) is 0 Å². The van der Waals surface area contributed by atoms with Crippen LogP contribution in [0.25, 0.3) is 55.7 Å². The lowest BCUT2D eigenvalue weighted by Crippen LogP contribution is -2.24. The summed E-state index contributed by atoms with van der Waals surface area (Å²) in [5.41, 5.74) is 6.80. The summed E-state index contributed by atoms with van der Waals surface area (Å²) in [7, 11) is 0. The number of pyridine rings is 3. The third-order valence-corrected chi connectivity index (χ3v) is 7.65. The molecule has 0 atom stereocenters. The predicted octanol–water partition coefficient (Wildman–Crippen LogP) is 6.89. The maximum Gasteiger partial charge on any atom is 0.227 e. The summed E-state index contributed by atoms with van der Waals surface area (Å²) >= 11 is 0. The van der Waals surface area contributed by atoms with Crippen LogP contribution in [0, 0.1) is 11.7 Å². The van der Waals surface area contributed by atoms with Crippen molar-refractivity contribution in [1.29, 1.82) is 0 Å². The van der Waals surface area contributed by atoms with Crippen molar-refractivity contribution >= 4 is 33.5 Å². The first kappa shape index (κ1) is 24.1. The smallest absolute Gasteiger partial charge is 0.227 e. The van der Waals surface area contributed by atoms with E-state index in [2.05, 4.69) is 35.5 Å². The maximum atomic E-state index is 13.9. The summed E-state index contributed by atoms with van der Waals surface area (Å²) in [5.74, 6) is -0.166. The van der Waals surface area contributed by atoms with Crippen LogP contribution in [0.1, 0.15) is 32.1 Å². The van der Waals surface area contributed by atoms with E-state index in [-0.39, 0.29) is 17.6 Å². The Labute approximate surface area is 229 Å². The van der Waals surface area contributed by atoms with Crippen LogP contribution in [-0.4, -0.2) is 36.0 Å². The number of fused-ring (bicyclic) bond motifs is 2. The molecule has 5 heterocycles. The molecule has 1 amide bonds. The van der Waals surface area contributed by atoms with Crippen molar-refractivity contribution in [2.45, 2.75) is 32.1 Å². The van der Waals surface area contributed by atoms with Gasteiger partial charge in [0.2, 0.25) is 5.91 Å². The molecular weight excluding hydrogens is 505 g/mol. The van der Waals surface area contributed by atoms with Crippen molar-refractivity contribution in [3.8, 4) is 33.8 Å². The van der Waals surface area contributed by atoms with Crippen molar-refractivity contribution < 1.29 is 9.18 Å². The Morgan fingerprint density at radius 3 is 2.70 bits per heavy atom. The van der Waals surface area contributed by atoms with Crippen molar-refractivity contribution in [3.05, 3.63) is 79.1 Å². The lowest BCUT2D eigenvalue weighted by molar-refractivity contribution is -0.120. The lowest BCUT2D eigenvalue weighted by atomic mass is 9.88. The molecule has 8 nitrogen and oxygen atoms in total. The number of benzene rings is 1. The Bertz CT molecular complexity index is 1870. The average molecular weight is 532 g/mol. The molecule has 9 heteroatoms. The molecule has 198 valence electrons. The number of aromatic nitrogens is 6. The Hall–Kier alpha value is -4.92. The van der Waals surface area contributed by atoms with E-state index in [1.165, 1.54) is 18.6 Å². The molecule has 1 aliphatic rings. The molecule has 0 aliphatic heterocycles. The summed E-state index contributed by atoms with van der Waals surface area (Å²) in [6.07, 6.45) is 12.1. The van der Waals surface area contributed by atoms with Gasteiger partial charge in [-0.2, -0.15) is 5.10 Å². The topological polar surface area (TPSA) is 112 Å². The summed E-state index contributed by atoms with van der Waals surface area (Å²) in [6.45, 7) is 0. The third kappa shape index (κ3) is 4.49. The molecule has 0 spiro atoms. The van der Waals surface area contributed by atoms with E-state index >= 15 is 0 Å². The van der Waals surface area contributed by atoms with Crippen LogP contribution >= 0.6 is 0 Å². The normalized spacial score (nSPS) is 14.1. The van der Waals surface area contributed by atoms with Gasteiger partial charge in [-0.25, -0.2) is 9.37 Å². The quantitative estimate of drug-likeness (QED) is 0.224. The molecule has 0 saturated heterocycles. The number of carbonyl (C=O) groups is 1. The largest absolute Gasteiger partial charge is 0.338 e. The number of amides is 1. The van der Waals surface area contributed by atoms with Crippen LogP contribution in [0.3, 0.4) is 0 Å². The minimum atomic E-state index is -0.288. The van der Waals surface area contributed by atoms with Gasteiger partial charge in [0.1, 0.15) is 17.2 Å². The van der Waals surface area contributed by atoms with Crippen molar-refractivity contribution in [3.63, 3.8) is 0 Å². The molecule has 0 radical (unpaired) electrons. The van der Waals surface area contributed by atoms with Gasteiger partial charge in [0, 0.05) is 34.6 Å². The van der Waals surface area contributed by atoms with Gasteiger partial charge in [-0.05, 0) is 60.4 Å². The molecule has 6 aromatic rings. The minimum absolute atomic E-state index is 0.0595. The number of hydrogen-bond donors (Lipinski definition) is 3. The maximum absolute atomic E-state index is 13.9. The summed E-state index contributed by atoms with van der Waals surface area (Å²) in [5, 5.41) is 12.4. The number of carbonyl (C=O) groups excluding carboxylic acids is 1. The third-order valence-electron chi connectivity index (χ3n) is 7.65. The number of nitrogens with zero attached hydrogens (tertiary/aromatic N) is 4. The molecule has 3 N–H and O–H groups in total. The molecule has 0 bridgehead atoms. The van der Waals surface area contributed by atoms with E-state index in [4.69, 9.17) is 0 Å². The average Bonchev–Trinajstić information content (AvgIpc) is 3.61. The fourth-order valence-electron chi connectivity index (χ4n) is 5.60. The first-order chi connectivity index (χ1) is 19.6. The van der Waals surface area contributed by atoms with E-state index in [9.17, 15) is 9.18 Å². The number of H-pyrrole nitrogens is 2. The van der Waals surface area contributed by atoms with Crippen LogP contribution < -0.4 is 5.32 Å². The molecule has 5 aromatic heterocycles. The van der Waals surface area contributed by atoms with Crippen LogP contribution in [-0.2, 0) is 4.79 Å². The highest BCUT2D eigenvalue weighted by Gasteiger charge is 2.21. The number of anilines is 1. The van der Waals surface area contributed by atoms with Gasteiger partial charge < -0.3 is 10.3 Å². The van der Waals surface area contributed by atoms with Crippen LogP contribution in [0.5, 0.6) is 0 Å². The van der Waals surface area contributed by atoms with Gasteiger partial charge in [0.25, 0.3) is 0 Å². The molecule has 1 fully saturated rings. The van der Waals surface area contributed by atoms with Gasteiger partial charge in [-0.1, -0.05) is 31.4 Å². The zero-order chi connectivity index (χ0) is 27.1. The van der Waals surface area contributed by atoms with E-state index in [1.807, 2.05) is 30.3 Å². The van der Waals surface area contributed by atoms with Crippen LogP contribution in [0.15, 0.2) is 73.3 Å². The highest BCUT2D eigenvalue weighted by molar-refractivity contribution is 6.00. The SMILES string of the molecule is O=C(Nc1cncc(-c2cc3c(-c4cc5c(-c6cccc(F)c6)ccnc5[nH]4)n[nH]c3cn2)c1)C1CCCCC1. The standard InChI is InChI=1S/C31H26FN7O/c32-21-8-4-7-19(11-21)23-9-10-34-30-24(23)13-27(37-30)29-25-14-26(35-17-28(25)38-39-29)20-12-22(16-33-15-20)36-31(40)18-5-2-1-3-6-18/h4,7-18H,1-3,5-6H2,(H,34,37)(H,36,40)(H,38,39). The van der Waals surface area contributed by atoms with Gasteiger partial charge in [-0.3, -0.25) is 19.9 Å². The number of aromatic amines is 2. The fraction of sp³-hybridized carbons (Fsp3) is 0.194. The van der Waals surface area contributed by atoms with E-state index in [1.54, 1.807) is 30.9 Å². The summed E-state index contributed by atoms with van der Waals surface area (Å²) < 4.78 is 13.9. The second-order valence-corrected chi connectivity index (χ2v) is 10.3. The molecule has 40 heavy (non-hydrogen) atoms. The minimum Gasteiger partial charge on any atom is -0.338 e. The van der Waals surface area contributed by atoms with Gasteiger partial charge >= 0.3 is 0 Å². The molecule has 0 unspecified atom stereocenters. The monoisotopic (exact) mass is 531 g/mol. The van der Waals surface area contributed by atoms with E-state index < -0.39 is 0 Å². The van der Waals surface area contributed by atoms with E-state index in [0.29, 0.717) is 17.0 Å². The molecule has 1 aliphatic carbocycles. The van der Waals surface area contributed by atoms with Crippen molar-refractivity contribution in [1.82, 2.24) is 30.1 Å². The Kier molecular flexibility index (Phi) is 6.03. The van der Waals surface area contributed by atoms with Crippen molar-refractivity contribution in [2.24, 2.45) is 5.92 Å². The zero-order valence-electron chi connectivity index (χ0n) is 21.6. The number of nitrogens with one attached hydrogen (secondary N) is 3. The lowest BCUT2D eigenvalue weighted by Gasteiger charge is -2.20. The first-order valence-corrected chi connectivity index (χ1v) is 13.5. The zero-order valence-corrected chi connectivity index (χ0v) is 21.6. The van der Waals surface area contributed by atoms with Gasteiger partial charge in [0.15, 0.2) is 0 Å². The molecular formula is C31H26FN7O. The fourth-order valence-corrected chi connectivity index (χ4v) is 5.60. The molecule has 7 rings (SSSR count). The number of hydrogen-bond acceptors (Lipinski definition) is 5. The van der Waals surface area contributed by atoms with Gasteiger partial charge in [0.05, 0.1) is 35.0 Å². The second-order valence-electron chi connectivity index (χ2n) is 10.3. The predicted molar refractivity (Wildman–Crippen MR) is 153 cm³/mol. The number of rotatable bonds is 5. The highest BCUT2D eigenvalue weighted by atomic mass is 19.1. The Morgan fingerprint density at radius 1 is 0.925 bits per heavy atom. The van der Waals surface area contributed by atoms with Crippen LogP contribution in [0.4, 0.5) is 10.1 Å². The summed E-state index contributed by atoms with van der Waals surface area (Å²) in [6, 6.07) is 14.3. The Balaban J connectivity index is 1.23. The first-order valence-electron chi connectivity index (χ1n) is 13.5. The number of halogens is 1. The van der Waals surface area contributed by atoms with Crippen molar-refractivity contribution in [2.75, 3.05) is 5.32 Å². The Morgan fingerprint density at radius 2 is 1.82 bits per heavy atom. The molecule has 1 saturated carbocycles. The van der Waals surface area contributed by atoms with E-state index in [0.717, 1.165) is 70.1 Å². The second kappa shape index (κ2) is 10.00.